The number of carbonyl (C=O) groups is 2. The summed E-state index contributed by atoms with van der Waals surface area (Å²) in [4.78, 5) is 24.0. The summed E-state index contributed by atoms with van der Waals surface area (Å²) in [6.45, 7) is 4.26. The van der Waals surface area contributed by atoms with Crippen molar-refractivity contribution in [1.29, 1.82) is 0 Å². The third-order valence-corrected chi connectivity index (χ3v) is 6.20. The molecule has 0 aromatic heterocycles. The summed E-state index contributed by atoms with van der Waals surface area (Å²) in [6, 6.07) is 15.2. The summed E-state index contributed by atoms with van der Waals surface area (Å²) in [7, 11) is 0. The maximum atomic E-state index is 12.8. The fourth-order valence-corrected chi connectivity index (χ4v) is 4.77. The molecule has 1 saturated heterocycles. The number of hydrogen-bond acceptors (Lipinski definition) is 2. The van der Waals surface area contributed by atoms with Crippen molar-refractivity contribution in [2.45, 2.75) is 44.6 Å². The summed E-state index contributed by atoms with van der Waals surface area (Å²) in [5.74, 6) is -1.48. The van der Waals surface area contributed by atoms with E-state index in [9.17, 15) is 14.7 Å². The fourth-order valence-electron chi connectivity index (χ4n) is 4.44. The molecule has 2 N–H and O–H groups in total. The molecule has 1 aliphatic heterocycles. The quantitative estimate of drug-likeness (QED) is 0.631. The molecule has 1 heterocycles. The molecule has 0 radical (unpaired) electrons. The number of benzene rings is 2. The average molecular weight is 434 g/mol. The third-order valence-electron chi connectivity index (χ3n) is 5.71. The lowest BCUT2D eigenvalue weighted by Crippen LogP contribution is -2.52. The summed E-state index contributed by atoms with van der Waals surface area (Å²) < 4.78 is 0. The first-order chi connectivity index (χ1) is 13.8. The predicted molar refractivity (Wildman–Crippen MR) is 116 cm³/mol. The number of carbonyl (C=O) groups excluding carboxylic acids is 1. The van der Waals surface area contributed by atoms with Gasteiger partial charge in [0.25, 0.3) is 0 Å². The van der Waals surface area contributed by atoms with Crippen molar-refractivity contribution in [3.63, 3.8) is 0 Å². The number of halogens is 2. The molecule has 29 heavy (non-hydrogen) atoms. The largest absolute Gasteiger partial charge is 0.481 e. The Bertz CT molecular complexity index is 882. The van der Waals surface area contributed by atoms with Crippen LogP contribution in [0, 0.1) is 11.8 Å². The zero-order chi connectivity index (χ0) is 21.1. The molecule has 6 heteroatoms. The van der Waals surface area contributed by atoms with E-state index < -0.39 is 11.9 Å². The van der Waals surface area contributed by atoms with Crippen LogP contribution in [0.5, 0.6) is 0 Å². The SMILES string of the molecule is CC(C)C(c1ccc(Cl)cc1)[C@H]1NC(=O)[C@H](CC(=O)O)C[C@@H]1c1cccc(Cl)c1. The molecule has 1 unspecified atom stereocenters. The Labute approximate surface area is 181 Å². The van der Waals surface area contributed by atoms with Gasteiger partial charge in [0, 0.05) is 33.8 Å². The lowest BCUT2D eigenvalue weighted by Gasteiger charge is -2.42. The zero-order valence-electron chi connectivity index (χ0n) is 16.4. The standard InChI is InChI=1S/C23H25Cl2NO3/c1-13(2)21(14-6-8-17(24)9-7-14)22-19(15-4-3-5-18(25)10-15)11-16(12-20(27)28)23(29)26-22/h3-10,13,16,19,21-22H,11-12H2,1-2H3,(H,26,29)(H,27,28)/t16-,19+,21?,22-/m0/s1. The first-order valence-corrected chi connectivity index (χ1v) is 10.5. The van der Waals surface area contributed by atoms with Crippen molar-refractivity contribution in [3.05, 3.63) is 69.7 Å². The van der Waals surface area contributed by atoms with Crippen molar-refractivity contribution in [2.75, 3.05) is 0 Å². The highest BCUT2D eigenvalue weighted by Crippen LogP contribution is 2.42. The molecular formula is C23H25Cl2NO3. The van der Waals surface area contributed by atoms with Gasteiger partial charge in [0.1, 0.15) is 0 Å². The molecule has 4 atom stereocenters. The van der Waals surface area contributed by atoms with Crippen molar-refractivity contribution in [2.24, 2.45) is 11.8 Å². The highest BCUT2D eigenvalue weighted by molar-refractivity contribution is 6.30. The molecule has 0 bridgehead atoms. The van der Waals surface area contributed by atoms with Gasteiger partial charge in [0.05, 0.1) is 6.42 Å². The second kappa shape index (κ2) is 9.19. The number of carboxylic acids is 1. The molecule has 2 aromatic rings. The minimum Gasteiger partial charge on any atom is -0.481 e. The van der Waals surface area contributed by atoms with Gasteiger partial charge in [-0.3, -0.25) is 9.59 Å². The number of amides is 1. The number of aliphatic carboxylic acids is 1. The minimum absolute atomic E-state index is 0.0428. The van der Waals surface area contributed by atoms with Crippen LogP contribution in [0.2, 0.25) is 10.0 Å². The summed E-state index contributed by atoms with van der Waals surface area (Å²) in [5.41, 5.74) is 2.11. The van der Waals surface area contributed by atoms with Gasteiger partial charge in [0.2, 0.25) is 5.91 Å². The van der Waals surface area contributed by atoms with E-state index in [1.807, 2.05) is 48.5 Å². The van der Waals surface area contributed by atoms with Gasteiger partial charge in [-0.2, -0.15) is 0 Å². The molecule has 1 amide bonds. The smallest absolute Gasteiger partial charge is 0.304 e. The van der Waals surface area contributed by atoms with Crippen LogP contribution in [-0.2, 0) is 9.59 Å². The number of nitrogens with one attached hydrogen (secondary N) is 1. The lowest BCUT2D eigenvalue weighted by molar-refractivity contribution is -0.142. The van der Waals surface area contributed by atoms with Crippen molar-refractivity contribution >= 4 is 35.1 Å². The highest BCUT2D eigenvalue weighted by Gasteiger charge is 2.42. The molecule has 1 aliphatic rings. The Kier molecular flexibility index (Phi) is 6.86. The van der Waals surface area contributed by atoms with E-state index in [0.29, 0.717) is 16.5 Å². The monoisotopic (exact) mass is 433 g/mol. The normalized spacial score (nSPS) is 22.9. The number of hydrogen-bond donors (Lipinski definition) is 2. The van der Waals surface area contributed by atoms with Gasteiger partial charge in [-0.15, -0.1) is 0 Å². The second-order valence-electron chi connectivity index (χ2n) is 8.05. The fraction of sp³-hybridized carbons (Fsp3) is 0.391. The zero-order valence-corrected chi connectivity index (χ0v) is 18.0. The van der Waals surface area contributed by atoms with Gasteiger partial charge in [-0.1, -0.05) is 61.3 Å². The van der Waals surface area contributed by atoms with Crippen LogP contribution in [0.1, 0.15) is 49.7 Å². The van der Waals surface area contributed by atoms with Crippen molar-refractivity contribution < 1.29 is 14.7 Å². The van der Waals surface area contributed by atoms with Crippen LogP contribution in [-0.4, -0.2) is 23.0 Å². The molecule has 0 spiro atoms. The molecule has 3 rings (SSSR count). The van der Waals surface area contributed by atoms with Crippen molar-refractivity contribution in [1.82, 2.24) is 5.32 Å². The van der Waals surface area contributed by atoms with Gasteiger partial charge in [0.15, 0.2) is 0 Å². The molecule has 154 valence electrons. The van der Waals surface area contributed by atoms with E-state index in [2.05, 4.69) is 19.2 Å². The van der Waals surface area contributed by atoms with Crippen LogP contribution in [0.4, 0.5) is 0 Å². The first-order valence-electron chi connectivity index (χ1n) is 9.79. The topological polar surface area (TPSA) is 66.4 Å². The van der Waals surface area contributed by atoms with Gasteiger partial charge < -0.3 is 10.4 Å². The van der Waals surface area contributed by atoms with Crippen LogP contribution in [0.25, 0.3) is 0 Å². The van der Waals surface area contributed by atoms with Crippen molar-refractivity contribution in [3.8, 4) is 0 Å². The Morgan fingerprint density at radius 2 is 1.83 bits per heavy atom. The molecular weight excluding hydrogens is 409 g/mol. The number of carboxylic acid groups (broad SMARTS) is 1. The highest BCUT2D eigenvalue weighted by atomic mass is 35.5. The summed E-state index contributed by atoms with van der Waals surface area (Å²) in [5, 5.41) is 13.7. The van der Waals surface area contributed by atoms with Crippen LogP contribution >= 0.6 is 23.2 Å². The Morgan fingerprint density at radius 3 is 2.41 bits per heavy atom. The van der Waals surface area contributed by atoms with Gasteiger partial charge in [-0.05, 0) is 47.7 Å². The Morgan fingerprint density at radius 1 is 1.14 bits per heavy atom. The maximum absolute atomic E-state index is 12.8. The van der Waals surface area contributed by atoms with Crippen LogP contribution < -0.4 is 5.32 Å². The molecule has 0 saturated carbocycles. The number of piperidine rings is 1. The minimum atomic E-state index is -0.966. The summed E-state index contributed by atoms with van der Waals surface area (Å²) in [6.07, 6.45) is 0.295. The Hall–Kier alpha value is -2.04. The molecule has 1 fully saturated rings. The van der Waals surface area contributed by atoms with E-state index in [-0.39, 0.29) is 36.1 Å². The van der Waals surface area contributed by atoms with E-state index in [1.54, 1.807) is 0 Å². The molecule has 0 aliphatic carbocycles. The predicted octanol–water partition coefficient (Wildman–Crippen LogP) is 5.50. The van der Waals surface area contributed by atoms with Crippen LogP contribution in [0.15, 0.2) is 48.5 Å². The summed E-state index contributed by atoms with van der Waals surface area (Å²) >= 11 is 12.3. The third kappa shape index (κ3) is 5.12. The van der Waals surface area contributed by atoms with Gasteiger partial charge in [-0.25, -0.2) is 0 Å². The van der Waals surface area contributed by atoms with E-state index in [4.69, 9.17) is 23.2 Å². The second-order valence-corrected chi connectivity index (χ2v) is 8.92. The maximum Gasteiger partial charge on any atom is 0.304 e. The Balaban J connectivity index is 2.03. The lowest BCUT2D eigenvalue weighted by atomic mass is 9.69. The average Bonchev–Trinajstić information content (AvgIpc) is 2.65. The first kappa shape index (κ1) is 21.7. The molecule has 2 aromatic carbocycles. The van der Waals surface area contributed by atoms with E-state index >= 15 is 0 Å². The van der Waals surface area contributed by atoms with Gasteiger partial charge >= 0.3 is 5.97 Å². The van der Waals surface area contributed by atoms with E-state index in [1.165, 1.54) is 0 Å². The van der Waals surface area contributed by atoms with E-state index in [0.717, 1.165) is 11.1 Å². The molecule has 4 nitrogen and oxygen atoms in total. The van der Waals surface area contributed by atoms with Crippen LogP contribution in [0.3, 0.4) is 0 Å². The number of rotatable bonds is 6.